The number of ether oxygens (including phenoxy) is 1. The van der Waals surface area contributed by atoms with Gasteiger partial charge < -0.3 is 10.1 Å². The van der Waals surface area contributed by atoms with E-state index in [1.807, 2.05) is 19.9 Å². The fourth-order valence-electron chi connectivity index (χ4n) is 2.03. The largest absolute Gasteiger partial charge is 0.376 e. The van der Waals surface area contributed by atoms with Gasteiger partial charge in [-0.25, -0.2) is 0 Å². The van der Waals surface area contributed by atoms with Crippen molar-refractivity contribution < 1.29 is 9.53 Å². The Hall–Kier alpha value is -1.86. The van der Waals surface area contributed by atoms with Gasteiger partial charge in [-0.15, -0.1) is 0 Å². The molecule has 4 heteroatoms. The maximum Gasteiger partial charge on any atom is 0.251 e. The van der Waals surface area contributed by atoms with Crippen molar-refractivity contribution in [2.75, 3.05) is 6.61 Å². The van der Waals surface area contributed by atoms with Crippen LogP contribution in [0.4, 0.5) is 0 Å². The summed E-state index contributed by atoms with van der Waals surface area (Å²) in [6.45, 7) is 4.63. The van der Waals surface area contributed by atoms with Crippen LogP contribution in [-0.4, -0.2) is 24.2 Å². The maximum atomic E-state index is 12.1. The fraction of sp³-hybridized carbons (Fsp3) is 0.429. The molecule has 1 aliphatic rings. The summed E-state index contributed by atoms with van der Waals surface area (Å²) in [5, 5.41) is 11.7. The van der Waals surface area contributed by atoms with E-state index in [4.69, 9.17) is 10.00 Å². The highest BCUT2D eigenvalue weighted by molar-refractivity contribution is 5.94. The molecule has 0 bridgehead atoms. The number of benzene rings is 1. The third-order valence-corrected chi connectivity index (χ3v) is 3.56. The standard InChI is InChI=1S/C14H16N2O2/c1-10-14(2,7-8-18-10)16-13(17)12-5-3-11(9-15)4-6-12/h3-6,10H,7-8H2,1-2H3,(H,16,17). The van der Waals surface area contributed by atoms with Gasteiger partial charge in [0.25, 0.3) is 5.91 Å². The predicted octanol–water partition coefficient (Wildman–Crippen LogP) is 1.86. The van der Waals surface area contributed by atoms with Crippen molar-refractivity contribution in [3.63, 3.8) is 0 Å². The van der Waals surface area contributed by atoms with E-state index in [-0.39, 0.29) is 17.6 Å². The molecule has 0 aliphatic carbocycles. The first-order valence-corrected chi connectivity index (χ1v) is 5.99. The van der Waals surface area contributed by atoms with Crippen molar-refractivity contribution in [1.82, 2.24) is 5.32 Å². The Morgan fingerprint density at radius 1 is 1.50 bits per heavy atom. The van der Waals surface area contributed by atoms with E-state index in [1.165, 1.54) is 0 Å². The summed E-state index contributed by atoms with van der Waals surface area (Å²) in [5.74, 6) is -0.126. The normalized spacial score (nSPS) is 26.6. The monoisotopic (exact) mass is 244 g/mol. The number of nitriles is 1. The molecule has 1 amide bonds. The minimum absolute atomic E-state index is 0.0137. The molecule has 94 valence electrons. The second-order valence-corrected chi connectivity index (χ2v) is 4.82. The van der Waals surface area contributed by atoms with Gasteiger partial charge in [0.15, 0.2) is 0 Å². The minimum Gasteiger partial charge on any atom is -0.376 e. The van der Waals surface area contributed by atoms with Crippen molar-refractivity contribution in [1.29, 1.82) is 5.26 Å². The van der Waals surface area contributed by atoms with Gasteiger partial charge >= 0.3 is 0 Å². The highest BCUT2D eigenvalue weighted by Gasteiger charge is 2.38. The molecule has 2 unspecified atom stereocenters. The van der Waals surface area contributed by atoms with Gasteiger partial charge in [0.05, 0.1) is 23.3 Å². The van der Waals surface area contributed by atoms with E-state index in [2.05, 4.69) is 5.32 Å². The molecule has 1 aliphatic heterocycles. The smallest absolute Gasteiger partial charge is 0.251 e. The van der Waals surface area contributed by atoms with Crippen LogP contribution in [0.1, 0.15) is 36.2 Å². The number of amides is 1. The number of nitrogens with zero attached hydrogens (tertiary/aromatic N) is 1. The van der Waals surface area contributed by atoms with Gasteiger partial charge in [-0.3, -0.25) is 4.79 Å². The van der Waals surface area contributed by atoms with Crippen LogP contribution in [0.15, 0.2) is 24.3 Å². The SMILES string of the molecule is CC1OCCC1(C)NC(=O)c1ccc(C#N)cc1. The van der Waals surface area contributed by atoms with Crippen LogP contribution in [0.3, 0.4) is 0 Å². The Kier molecular flexibility index (Phi) is 3.35. The topological polar surface area (TPSA) is 62.1 Å². The summed E-state index contributed by atoms with van der Waals surface area (Å²) < 4.78 is 5.48. The first-order valence-electron chi connectivity index (χ1n) is 5.99. The van der Waals surface area contributed by atoms with E-state index in [0.717, 1.165) is 6.42 Å². The first kappa shape index (κ1) is 12.6. The molecule has 1 N–H and O–H groups in total. The molecule has 0 saturated carbocycles. The van der Waals surface area contributed by atoms with Crippen LogP contribution in [0.2, 0.25) is 0 Å². The van der Waals surface area contributed by atoms with E-state index in [9.17, 15) is 4.79 Å². The van der Waals surface area contributed by atoms with E-state index in [0.29, 0.717) is 17.7 Å². The molecule has 1 aromatic carbocycles. The Morgan fingerprint density at radius 3 is 2.67 bits per heavy atom. The number of carbonyl (C=O) groups is 1. The Balaban J connectivity index is 2.10. The van der Waals surface area contributed by atoms with Crippen LogP contribution in [-0.2, 0) is 4.74 Å². The molecule has 18 heavy (non-hydrogen) atoms. The molecule has 2 atom stereocenters. The number of carbonyl (C=O) groups excluding carboxylic acids is 1. The zero-order valence-electron chi connectivity index (χ0n) is 10.6. The maximum absolute atomic E-state index is 12.1. The summed E-state index contributed by atoms with van der Waals surface area (Å²) in [6.07, 6.45) is 0.829. The lowest BCUT2D eigenvalue weighted by Gasteiger charge is -2.28. The third kappa shape index (κ3) is 2.36. The molecule has 1 heterocycles. The molecule has 0 aromatic heterocycles. The van der Waals surface area contributed by atoms with Gasteiger partial charge in [-0.05, 0) is 44.5 Å². The second kappa shape index (κ2) is 4.79. The Labute approximate surface area is 107 Å². The lowest BCUT2D eigenvalue weighted by atomic mass is 9.94. The van der Waals surface area contributed by atoms with E-state index in [1.54, 1.807) is 24.3 Å². The first-order chi connectivity index (χ1) is 8.55. The van der Waals surface area contributed by atoms with Crippen molar-refractivity contribution in [2.24, 2.45) is 0 Å². The molecule has 0 radical (unpaired) electrons. The average Bonchev–Trinajstić information content (AvgIpc) is 2.69. The molecule has 1 fully saturated rings. The Bertz CT molecular complexity index is 490. The lowest BCUT2D eigenvalue weighted by Crippen LogP contribution is -2.50. The third-order valence-electron chi connectivity index (χ3n) is 3.56. The van der Waals surface area contributed by atoms with Gasteiger partial charge in [-0.1, -0.05) is 0 Å². The van der Waals surface area contributed by atoms with Crippen LogP contribution >= 0.6 is 0 Å². The summed E-state index contributed by atoms with van der Waals surface area (Å²) in [5.41, 5.74) is 0.801. The molecule has 4 nitrogen and oxygen atoms in total. The molecule has 1 saturated heterocycles. The van der Waals surface area contributed by atoms with Gasteiger partial charge in [0.1, 0.15) is 0 Å². The van der Waals surface area contributed by atoms with Gasteiger partial charge in [-0.2, -0.15) is 5.26 Å². The van der Waals surface area contributed by atoms with Crippen molar-refractivity contribution in [2.45, 2.75) is 31.9 Å². The summed E-state index contributed by atoms with van der Waals surface area (Å²) in [6, 6.07) is 8.65. The van der Waals surface area contributed by atoms with Crippen molar-refractivity contribution in [3.8, 4) is 6.07 Å². The zero-order valence-corrected chi connectivity index (χ0v) is 10.6. The van der Waals surface area contributed by atoms with Crippen molar-refractivity contribution >= 4 is 5.91 Å². The second-order valence-electron chi connectivity index (χ2n) is 4.82. The average molecular weight is 244 g/mol. The van der Waals surface area contributed by atoms with Crippen LogP contribution < -0.4 is 5.32 Å². The quantitative estimate of drug-likeness (QED) is 0.863. The highest BCUT2D eigenvalue weighted by Crippen LogP contribution is 2.25. The molecular formula is C14H16N2O2. The number of nitrogens with one attached hydrogen (secondary N) is 1. The molecule has 1 aromatic rings. The summed E-state index contributed by atoms with van der Waals surface area (Å²) in [7, 11) is 0. The lowest BCUT2D eigenvalue weighted by molar-refractivity contribution is 0.0727. The summed E-state index contributed by atoms with van der Waals surface area (Å²) in [4.78, 5) is 12.1. The van der Waals surface area contributed by atoms with Crippen molar-refractivity contribution in [3.05, 3.63) is 35.4 Å². The minimum atomic E-state index is -0.315. The van der Waals surface area contributed by atoms with E-state index >= 15 is 0 Å². The molecule has 2 rings (SSSR count). The summed E-state index contributed by atoms with van der Waals surface area (Å²) >= 11 is 0. The Morgan fingerprint density at radius 2 is 2.17 bits per heavy atom. The number of hydrogen-bond donors (Lipinski definition) is 1. The number of hydrogen-bond acceptors (Lipinski definition) is 3. The van der Waals surface area contributed by atoms with Crippen LogP contribution in [0.5, 0.6) is 0 Å². The fourth-order valence-corrected chi connectivity index (χ4v) is 2.03. The molecule has 0 spiro atoms. The molecular weight excluding hydrogens is 228 g/mol. The van der Waals surface area contributed by atoms with Gasteiger partial charge in [0.2, 0.25) is 0 Å². The number of rotatable bonds is 2. The van der Waals surface area contributed by atoms with Crippen LogP contribution in [0, 0.1) is 11.3 Å². The van der Waals surface area contributed by atoms with E-state index < -0.39 is 0 Å². The van der Waals surface area contributed by atoms with Crippen LogP contribution in [0.25, 0.3) is 0 Å². The van der Waals surface area contributed by atoms with Gasteiger partial charge in [0, 0.05) is 12.2 Å². The highest BCUT2D eigenvalue weighted by atomic mass is 16.5. The zero-order chi connectivity index (χ0) is 13.2. The predicted molar refractivity (Wildman–Crippen MR) is 67.1 cm³/mol.